The Bertz CT molecular complexity index is 397. The minimum atomic E-state index is -0.388. The second-order valence-electron chi connectivity index (χ2n) is 5.20. The standard InChI is InChI=1S/C14H22N2O3.ClH/c1-16(10-12-4-3-9-19-12)13(17)14(11-18-2)5-7-15-8-6-14;/h3-4,9,15H,5-8,10-11H2,1-2H3;1H. The number of hydrogen-bond donors (Lipinski definition) is 1. The molecule has 20 heavy (non-hydrogen) atoms. The quantitative estimate of drug-likeness (QED) is 0.899. The predicted octanol–water partition coefficient (Wildman–Crippen LogP) is 1.68. The first-order chi connectivity index (χ1) is 9.18. The lowest BCUT2D eigenvalue weighted by molar-refractivity contribution is -0.147. The monoisotopic (exact) mass is 302 g/mol. The van der Waals surface area contributed by atoms with E-state index < -0.39 is 0 Å². The lowest BCUT2D eigenvalue weighted by Crippen LogP contribution is -2.50. The highest BCUT2D eigenvalue weighted by Crippen LogP contribution is 2.31. The van der Waals surface area contributed by atoms with Gasteiger partial charge in [0.15, 0.2) is 0 Å². The molecule has 0 bridgehead atoms. The largest absolute Gasteiger partial charge is 0.467 e. The van der Waals surface area contributed by atoms with Crippen LogP contribution in [0.25, 0.3) is 0 Å². The van der Waals surface area contributed by atoms with E-state index in [4.69, 9.17) is 9.15 Å². The maximum atomic E-state index is 12.7. The molecule has 6 heteroatoms. The van der Waals surface area contributed by atoms with Gasteiger partial charge in [-0.1, -0.05) is 0 Å². The van der Waals surface area contributed by atoms with Gasteiger partial charge in [-0.15, -0.1) is 12.4 Å². The number of nitrogens with zero attached hydrogens (tertiary/aromatic N) is 1. The zero-order chi connectivity index (χ0) is 13.7. The summed E-state index contributed by atoms with van der Waals surface area (Å²) in [6.07, 6.45) is 3.27. The van der Waals surface area contributed by atoms with Crippen LogP contribution in [0.15, 0.2) is 22.8 Å². The first-order valence-corrected chi connectivity index (χ1v) is 6.65. The number of carbonyl (C=O) groups is 1. The molecule has 0 saturated carbocycles. The molecule has 2 rings (SSSR count). The minimum absolute atomic E-state index is 0. The van der Waals surface area contributed by atoms with Crippen molar-refractivity contribution in [3.63, 3.8) is 0 Å². The normalized spacial score (nSPS) is 17.3. The van der Waals surface area contributed by atoms with E-state index >= 15 is 0 Å². The lowest BCUT2D eigenvalue weighted by atomic mass is 9.78. The Kier molecular flexibility index (Phi) is 6.52. The average molecular weight is 303 g/mol. The van der Waals surface area contributed by atoms with E-state index in [-0.39, 0.29) is 23.7 Å². The van der Waals surface area contributed by atoms with Crippen molar-refractivity contribution in [1.29, 1.82) is 0 Å². The third kappa shape index (κ3) is 3.75. The van der Waals surface area contributed by atoms with E-state index in [1.807, 2.05) is 19.2 Å². The van der Waals surface area contributed by atoms with Gasteiger partial charge < -0.3 is 19.4 Å². The number of amides is 1. The Labute approximate surface area is 126 Å². The van der Waals surface area contributed by atoms with Crippen LogP contribution in [0.1, 0.15) is 18.6 Å². The van der Waals surface area contributed by atoms with Gasteiger partial charge in [0.05, 0.1) is 24.8 Å². The summed E-state index contributed by atoms with van der Waals surface area (Å²) < 4.78 is 10.6. The van der Waals surface area contributed by atoms with Crippen molar-refractivity contribution < 1.29 is 13.9 Å². The van der Waals surface area contributed by atoms with Gasteiger partial charge in [0.2, 0.25) is 5.91 Å². The molecule has 1 amide bonds. The van der Waals surface area contributed by atoms with Gasteiger partial charge in [-0.2, -0.15) is 0 Å². The average Bonchev–Trinajstić information content (AvgIpc) is 2.92. The Hall–Kier alpha value is -1.04. The number of carbonyl (C=O) groups excluding carboxylic acids is 1. The van der Waals surface area contributed by atoms with Crippen molar-refractivity contribution in [2.24, 2.45) is 5.41 Å². The topological polar surface area (TPSA) is 54.7 Å². The molecule has 1 aliphatic rings. The van der Waals surface area contributed by atoms with Gasteiger partial charge in [-0.05, 0) is 38.1 Å². The lowest BCUT2D eigenvalue weighted by Gasteiger charge is -2.38. The maximum Gasteiger partial charge on any atom is 0.231 e. The predicted molar refractivity (Wildman–Crippen MR) is 78.8 cm³/mol. The van der Waals surface area contributed by atoms with Gasteiger partial charge in [0.25, 0.3) is 0 Å². The van der Waals surface area contributed by atoms with Crippen LogP contribution in [0.4, 0.5) is 0 Å². The number of piperidine rings is 1. The van der Waals surface area contributed by atoms with Crippen molar-refractivity contribution in [3.8, 4) is 0 Å². The summed E-state index contributed by atoms with van der Waals surface area (Å²) in [5, 5.41) is 3.29. The molecule has 0 aromatic carbocycles. The molecule has 0 radical (unpaired) electrons. The smallest absolute Gasteiger partial charge is 0.231 e. The summed E-state index contributed by atoms with van der Waals surface area (Å²) in [7, 11) is 3.48. The SMILES string of the molecule is COCC1(C(=O)N(C)Cc2ccco2)CCNCC1.Cl. The van der Waals surface area contributed by atoms with Crippen molar-refractivity contribution in [2.75, 3.05) is 33.9 Å². The Balaban J connectivity index is 0.00000200. The number of hydrogen-bond acceptors (Lipinski definition) is 4. The van der Waals surface area contributed by atoms with E-state index in [0.717, 1.165) is 31.7 Å². The summed E-state index contributed by atoms with van der Waals surface area (Å²) >= 11 is 0. The maximum absolute atomic E-state index is 12.7. The van der Waals surface area contributed by atoms with Crippen molar-refractivity contribution in [1.82, 2.24) is 10.2 Å². The molecule has 2 heterocycles. The summed E-state index contributed by atoms with van der Waals surface area (Å²) in [4.78, 5) is 14.5. The van der Waals surface area contributed by atoms with Gasteiger partial charge in [-0.3, -0.25) is 4.79 Å². The van der Waals surface area contributed by atoms with E-state index in [1.165, 1.54) is 0 Å². The summed E-state index contributed by atoms with van der Waals surface area (Å²) in [5.74, 6) is 0.949. The van der Waals surface area contributed by atoms with E-state index in [9.17, 15) is 4.79 Å². The van der Waals surface area contributed by atoms with Crippen LogP contribution in [-0.4, -0.2) is 44.7 Å². The highest BCUT2D eigenvalue weighted by atomic mass is 35.5. The second-order valence-corrected chi connectivity index (χ2v) is 5.20. The molecule has 5 nitrogen and oxygen atoms in total. The number of nitrogens with one attached hydrogen (secondary N) is 1. The number of methoxy groups -OCH3 is 1. The van der Waals surface area contributed by atoms with Crippen molar-refractivity contribution in [3.05, 3.63) is 24.2 Å². The Morgan fingerprint density at radius 1 is 1.50 bits per heavy atom. The van der Waals surface area contributed by atoms with Crippen molar-refractivity contribution in [2.45, 2.75) is 19.4 Å². The zero-order valence-corrected chi connectivity index (χ0v) is 12.9. The van der Waals surface area contributed by atoms with Gasteiger partial charge in [-0.25, -0.2) is 0 Å². The number of halogens is 1. The van der Waals surface area contributed by atoms with Crippen LogP contribution in [0.3, 0.4) is 0 Å². The first kappa shape index (κ1) is 17.0. The highest BCUT2D eigenvalue weighted by Gasteiger charge is 2.41. The third-order valence-corrected chi connectivity index (χ3v) is 3.75. The van der Waals surface area contributed by atoms with E-state index in [0.29, 0.717) is 13.2 Å². The Morgan fingerprint density at radius 2 is 2.20 bits per heavy atom. The molecular formula is C14H23ClN2O3. The van der Waals surface area contributed by atoms with Crippen LogP contribution < -0.4 is 5.32 Å². The fourth-order valence-electron chi connectivity index (χ4n) is 2.71. The van der Waals surface area contributed by atoms with E-state index in [2.05, 4.69) is 5.32 Å². The molecule has 1 saturated heterocycles. The summed E-state index contributed by atoms with van der Waals surface area (Å²) in [5.41, 5.74) is -0.388. The van der Waals surface area contributed by atoms with Crippen LogP contribution in [-0.2, 0) is 16.1 Å². The molecule has 1 fully saturated rings. The third-order valence-electron chi connectivity index (χ3n) is 3.75. The van der Waals surface area contributed by atoms with Crippen LogP contribution >= 0.6 is 12.4 Å². The highest BCUT2D eigenvalue weighted by molar-refractivity contribution is 5.85. The van der Waals surface area contributed by atoms with Crippen LogP contribution in [0, 0.1) is 5.41 Å². The molecule has 1 aromatic heterocycles. The molecular weight excluding hydrogens is 280 g/mol. The molecule has 1 N–H and O–H groups in total. The van der Waals surface area contributed by atoms with E-state index in [1.54, 1.807) is 18.3 Å². The van der Waals surface area contributed by atoms with Crippen LogP contribution in [0.2, 0.25) is 0 Å². The van der Waals surface area contributed by atoms with Crippen LogP contribution in [0.5, 0.6) is 0 Å². The minimum Gasteiger partial charge on any atom is -0.467 e. The first-order valence-electron chi connectivity index (χ1n) is 6.65. The molecule has 0 aliphatic carbocycles. The number of ether oxygens (including phenoxy) is 1. The molecule has 0 spiro atoms. The summed E-state index contributed by atoms with van der Waals surface area (Å²) in [6, 6.07) is 3.72. The summed E-state index contributed by atoms with van der Waals surface area (Å²) in [6.45, 7) is 2.72. The molecule has 1 aromatic rings. The fraction of sp³-hybridized carbons (Fsp3) is 0.643. The zero-order valence-electron chi connectivity index (χ0n) is 12.1. The molecule has 0 unspecified atom stereocenters. The molecule has 0 atom stereocenters. The molecule has 114 valence electrons. The second kappa shape index (κ2) is 7.67. The van der Waals surface area contributed by atoms with Gasteiger partial charge in [0, 0.05) is 14.2 Å². The number of furan rings is 1. The molecule has 1 aliphatic heterocycles. The van der Waals surface area contributed by atoms with Gasteiger partial charge >= 0.3 is 0 Å². The Morgan fingerprint density at radius 3 is 2.75 bits per heavy atom. The van der Waals surface area contributed by atoms with Gasteiger partial charge in [0.1, 0.15) is 5.76 Å². The number of rotatable bonds is 5. The fourth-order valence-corrected chi connectivity index (χ4v) is 2.71. The van der Waals surface area contributed by atoms with Crippen molar-refractivity contribution >= 4 is 18.3 Å².